The van der Waals surface area contributed by atoms with E-state index in [2.05, 4.69) is 15.6 Å². The van der Waals surface area contributed by atoms with Crippen molar-refractivity contribution >= 4 is 42.4 Å². The first-order valence-electron chi connectivity index (χ1n) is 8.95. The molecule has 0 aliphatic carbocycles. The summed E-state index contributed by atoms with van der Waals surface area (Å²) in [5, 5.41) is 5.45. The van der Waals surface area contributed by atoms with Crippen LogP contribution in [0.3, 0.4) is 0 Å². The first-order valence-corrected chi connectivity index (χ1v) is 8.95. The van der Waals surface area contributed by atoms with Crippen LogP contribution in [0.1, 0.15) is 30.0 Å². The van der Waals surface area contributed by atoms with Gasteiger partial charge in [0.25, 0.3) is 0 Å². The number of anilines is 1. The number of nitrogens with zero attached hydrogens (tertiary/aromatic N) is 1. The molecule has 0 spiro atoms. The second-order valence-corrected chi connectivity index (χ2v) is 6.61. The third-order valence-electron chi connectivity index (χ3n) is 4.37. The van der Waals surface area contributed by atoms with Crippen LogP contribution in [0.5, 0.6) is 0 Å². The van der Waals surface area contributed by atoms with Crippen molar-refractivity contribution in [3.8, 4) is 0 Å². The zero-order valence-corrected chi connectivity index (χ0v) is 18.2. The molecule has 2 rings (SSSR count). The van der Waals surface area contributed by atoms with Crippen LogP contribution < -0.4 is 22.1 Å². The lowest BCUT2D eigenvalue weighted by Crippen LogP contribution is -2.50. The number of nitrogens with two attached hydrogens (primary N) is 2. The summed E-state index contributed by atoms with van der Waals surface area (Å²) >= 11 is 0. The van der Waals surface area contributed by atoms with Crippen LogP contribution in [0.4, 0.5) is 5.82 Å². The number of carbonyl (C=O) groups is 2. The van der Waals surface area contributed by atoms with Gasteiger partial charge in [0.2, 0.25) is 11.8 Å². The highest BCUT2D eigenvalue weighted by Crippen LogP contribution is 2.09. The molecule has 1 aromatic heterocycles. The van der Waals surface area contributed by atoms with Gasteiger partial charge in [-0.1, -0.05) is 30.3 Å². The first kappa shape index (κ1) is 26.6. The molecule has 9 heteroatoms. The van der Waals surface area contributed by atoms with E-state index >= 15 is 0 Å². The van der Waals surface area contributed by atoms with Gasteiger partial charge in [-0.25, -0.2) is 4.98 Å². The molecule has 0 saturated carbocycles. The van der Waals surface area contributed by atoms with Gasteiger partial charge in [-0.2, -0.15) is 0 Å². The molecule has 0 saturated heterocycles. The summed E-state index contributed by atoms with van der Waals surface area (Å²) in [5.41, 5.74) is 14.5. The molecule has 2 atom stereocenters. The number of hydrogen-bond donors (Lipinski definition) is 4. The van der Waals surface area contributed by atoms with E-state index in [0.29, 0.717) is 25.2 Å². The molecule has 1 aromatic carbocycles. The zero-order valence-electron chi connectivity index (χ0n) is 16.6. The number of rotatable bonds is 8. The van der Waals surface area contributed by atoms with Crippen LogP contribution in [0.25, 0.3) is 0 Å². The Morgan fingerprint density at radius 3 is 2.41 bits per heavy atom. The molecule has 0 bridgehead atoms. The lowest BCUT2D eigenvalue weighted by molar-refractivity contribution is -0.129. The van der Waals surface area contributed by atoms with E-state index in [1.807, 2.05) is 37.3 Å². The Bertz CT molecular complexity index is 790. The van der Waals surface area contributed by atoms with Gasteiger partial charge in [0.05, 0.1) is 6.04 Å². The number of nitrogens with one attached hydrogen (secondary N) is 2. The molecule has 2 aromatic rings. The Labute approximate surface area is 183 Å². The van der Waals surface area contributed by atoms with Gasteiger partial charge in [0.15, 0.2) is 0 Å². The van der Waals surface area contributed by atoms with E-state index in [0.717, 1.165) is 16.7 Å². The van der Waals surface area contributed by atoms with Gasteiger partial charge in [-0.05, 0) is 49.4 Å². The molecule has 0 aliphatic heterocycles. The Morgan fingerprint density at radius 2 is 1.79 bits per heavy atom. The number of carbonyl (C=O) groups excluding carboxylic acids is 2. The van der Waals surface area contributed by atoms with E-state index in [9.17, 15) is 9.59 Å². The Morgan fingerprint density at radius 1 is 1.14 bits per heavy atom. The number of pyridine rings is 1. The van der Waals surface area contributed by atoms with Crippen molar-refractivity contribution in [2.45, 2.75) is 45.3 Å². The van der Waals surface area contributed by atoms with Gasteiger partial charge in [-0.3, -0.25) is 9.59 Å². The number of hydrogen-bond acceptors (Lipinski definition) is 5. The Kier molecular flexibility index (Phi) is 11.9. The molecule has 0 fully saturated rings. The Balaban J connectivity index is 0.00000392. The highest BCUT2D eigenvalue weighted by molar-refractivity contribution is 5.89. The van der Waals surface area contributed by atoms with Gasteiger partial charge in [0.1, 0.15) is 11.9 Å². The quantitative estimate of drug-likeness (QED) is 0.497. The maximum atomic E-state index is 12.2. The smallest absolute Gasteiger partial charge is 0.242 e. The van der Waals surface area contributed by atoms with Crippen LogP contribution in [0, 0.1) is 6.92 Å². The SMILES string of the molecule is Cc1cc(N)ncc1CNC(=O)C(C)NC(=O)C(N)CCc1ccccc1.Cl.Cl. The summed E-state index contributed by atoms with van der Waals surface area (Å²) in [6, 6.07) is 10.2. The summed E-state index contributed by atoms with van der Waals surface area (Å²) in [4.78, 5) is 28.4. The number of aryl methyl sites for hydroxylation is 2. The second-order valence-electron chi connectivity index (χ2n) is 6.61. The molecule has 6 N–H and O–H groups in total. The van der Waals surface area contributed by atoms with Crippen LogP contribution in [0.15, 0.2) is 42.6 Å². The molecule has 1 heterocycles. The van der Waals surface area contributed by atoms with Crippen molar-refractivity contribution in [2.75, 3.05) is 5.73 Å². The minimum Gasteiger partial charge on any atom is -0.384 e. The summed E-state index contributed by atoms with van der Waals surface area (Å²) in [7, 11) is 0. The number of benzene rings is 1. The van der Waals surface area contributed by atoms with E-state index in [4.69, 9.17) is 11.5 Å². The standard InChI is InChI=1S/C20H27N5O2.2ClH/c1-13-10-18(22)23-11-16(13)12-24-19(26)14(2)25-20(27)17(21)9-8-15-6-4-3-5-7-15;;/h3-7,10-11,14,17H,8-9,12,21H2,1-2H3,(H2,22,23)(H,24,26)(H,25,27);2*1H. The largest absolute Gasteiger partial charge is 0.384 e. The topological polar surface area (TPSA) is 123 Å². The fourth-order valence-electron chi connectivity index (χ4n) is 2.61. The van der Waals surface area contributed by atoms with Gasteiger partial charge in [-0.15, -0.1) is 24.8 Å². The summed E-state index contributed by atoms with van der Waals surface area (Å²) in [6.45, 7) is 3.85. The van der Waals surface area contributed by atoms with Crippen LogP contribution in [-0.2, 0) is 22.6 Å². The molecule has 0 radical (unpaired) electrons. The summed E-state index contributed by atoms with van der Waals surface area (Å²) in [5.74, 6) is -0.179. The minimum atomic E-state index is -0.678. The highest BCUT2D eigenvalue weighted by Gasteiger charge is 2.20. The first-order chi connectivity index (χ1) is 12.9. The number of aromatic nitrogens is 1. The van der Waals surface area contributed by atoms with E-state index in [1.54, 1.807) is 19.2 Å². The molecule has 29 heavy (non-hydrogen) atoms. The van der Waals surface area contributed by atoms with Crippen LogP contribution in [0.2, 0.25) is 0 Å². The van der Waals surface area contributed by atoms with Crippen molar-refractivity contribution in [2.24, 2.45) is 5.73 Å². The summed E-state index contributed by atoms with van der Waals surface area (Å²) in [6.07, 6.45) is 2.85. The number of amides is 2. The normalized spacial score (nSPS) is 12.0. The van der Waals surface area contributed by atoms with Crippen molar-refractivity contribution in [1.29, 1.82) is 0 Å². The molecular formula is C20H29Cl2N5O2. The third kappa shape index (κ3) is 8.68. The predicted molar refractivity (Wildman–Crippen MR) is 120 cm³/mol. The second kappa shape index (κ2) is 13.0. The van der Waals surface area contributed by atoms with Crippen LogP contribution in [-0.4, -0.2) is 28.9 Å². The van der Waals surface area contributed by atoms with Crippen molar-refractivity contribution in [3.05, 3.63) is 59.3 Å². The fourth-order valence-corrected chi connectivity index (χ4v) is 2.61. The highest BCUT2D eigenvalue weighted by atomic mass is 35.5. The van der Waals surface area contributed by atoms with Crippen LogP contribution >= 0.6 is 24.8 Å². The Hall–Kier alpha value is -2.35. The van der Waals surface area contributed by atoms with E-state index in [1.165, 1.54) is 0 Å². The minimum absolute atomic E-state index is 0. The maximum Gasteiger partial charge on any atom is 0.242 e. The lowest BCUT2D eigenvalue weighted by Gasteiger charge is -2.18. The van der Waals surface area contributed by atoms with Gasteiger partial charge < -0.3 is 22.1 Å². The monoisotopic (exact) mass is 441 g/mol. The molecule has 160 valence electrons. The van der Waals surface area contributed by atoms with E-state index < -0.39 is 12.1 Å². The van der Waals surface area contributed by atoms with Gasteiger partial charge in [0, 0.05) is 12.7 Å². The summed E-state index contributed by atoms with van der Waals surface area (Å²) < 4.78 is 0. The average molecular weight is 442 g/mol. The molecule has 2 unspecified atom stereocenters. The molecule has 0 aliphatic rings. The van der Waals surface area contributed by atoms with Crippen molar-refractivity contribution in [3.63, 3.8) is 0 Å². The molecule has 2 amide bonds. The lowest BCUT2D eigenvalue weighted by atomic mass is 10.1. The number of nitrogen functional groups attached to an aromatic ring is 1. The molecule has 7 nitrogen and oxygen atoms in total. The van der Waals surface area contributed by atoms with Gasteiger partial charge >= 0.3 is 0 Å². The zero-order chi connectivity index (χ0) is 19.8. The third-order valence-corrected chi connectivity index (χ3v) is 4.37. The van der Waals surface area contributed by atoms with E-state index in [-0.39, 0.29) is 36.6 Å². The average Bonchev–Trinajstić information content (AvgIpc) is 2.65. The maximum absolute atomic E-state index is 12.2. The van der Waals surface area contributed by atoms with Crippen molar-refractivity contribution in [1.82, 2.24) is 15.6 Å². The number of halogens is 2. The van der Waals surface area contributed by atoms with Crippen molar-refractivity contribution < 1.29 is 9.59 Å². The molecular weight excluding hydrogens is 413 g/mol. The predicted octanol–water partition coefficient (Wildman–Crippen LogP) is 1.90. The fraction of sp³-hybridized carbons (Fsp3) is 0.350.